The van der Waals surface area contributed by atoms with Crippen LogP contribution in [0, 0.1) is 5.92 Å². The molecule has 1 unspecified atom stereocenters. The van der Waals surface area contributed by atoms with E-state index in [2.05, 4.69) is 5.32 Å². The van der Waals surface area contributed by atoms with E-state index in [0.29, 0.717) is 17.0 Å². The maximum absolute atomic E-state index is 12.0. The van der Waals surface area contributed by atoms with Gasteiger partial charge in [-0.05, 0) is 18.1 Å². The first-order chi connectivity index (χ1) is 8.47. The van der Waals surface area contributed by atoms with Gasteiger partial charge >= 0.3 is 0 Å². The molecular weight excluding hydrogens is 232 g/mol. The topological polar surface area (TPSA) is 84.6 Å². The molecule has 100 valence electrons. The first kappa shape index (κ1) is 14.3. The zero-order valence-corrected chi connectivity index (χ0v) is 10.9. The van der Waals surface area contributed by atoms with Gasteiger partial charge in [0.15, 0.2) is 0 Å². The number of amides is 1. The average Bonchev–Trinajstić information content (AvgIpc) is 2.34. The summed E-state index contributed by atoms with van der Waals surface area (Å²) in [5.74, 6) is 0.417. The number of carbonyl (C=O) groups excluding carboxylic acids is 1. The second-order valence-electron chi connectivity index (χ2n) is 4.50. The van der Waals surface area contributed by atoms with Crippen molar-refractivity contribution in [1.82, 2.24) is 5.32 Å². The molecular formula is C13H20N2O3. The highest BCUT2D eigenvalue weighted by Gasteiger charge is 2.16. The summed E-state index contributed by atoms with van der Waals surface area (Å²) in [6.45, 7) is 3.77. The van der Waals surface area contributed by atoms with Crippen molar-refractivity contribution in [3.63, 3.8) is 0 Å². The lowest BCUT2D eigenvalue weighted by atomic mass is 10.0. The molecule has 0 saturated heterocycles. The molecule has 0 aliphatic rings. The summed E-state index contributed by atoms with van der Waals surface area (Å²) in [5, 5.41) is 11.9. The number of hydrogen-bond donors (Lipinski definition) is 3. The van der Waals surface area contributed by atoms with E-state index < -0.39 is 0 Å². The minimum atomic E-state index is -0.273. The van der Waals surface area contributed by atoms with Crippen LogP contribution in [0.25, 0.3) is 0 Å². The van der Waals surface area contributed by atoms with Crippen molar-refractivity contribution in [1.29, 1.82) is 0 Å². The molecule has 0 spiro atoms. The third-order valence-electron chi connectivity index (χ3n) is 2.74. The lowest BCUT2D eigenvalue weighted by molar-refractivity contribution is 0.0896. The second kappa shape index (κ2) is 6.26. The maximum atomic E-state index is 12.0. The van der Waals surface area contributed by atoms with E-state index >= 15 is 0 Å². The molecule has 0 radical (unpaired) electrons. The summed E-state index contributed by atoms with van der Waals surface area (Å²) in [6.07, 6.45) is 0. The third kappa shape index (κ3) is 3.63. The molecule has 0 aromatic heterocycles. The minimum absolute atomic E-state index is 0.0944. The van der Waals surface area contributed by atoms with Gasteiger partial charge < -0.3 is 20.9 Å². The second-order valence-corrected chi connectivity index (χ2v) is 4.50. The molecule has 5 heteroatoms. The largest absolute Gasteiger partial charge is 0.497 e. The molecule has 0 bridgehead atoms. The summed E-state index contributed by atoms with van der Waals surface area (Å²) < 4.78 is 5.06. The SMILES string of the molecule is COc1cc(N)cc(C(=O)NC(CO)C(C)C)c1. The predicted octanol–water partition coefficient (Wildman–Crippen LogP) is 1.02. The van der Waals surface area contributed by atoms with Crippen molar-refractivity contribution in [2.24, 2.45) is 5.92 Å². The molecule has 5 nitrogen and oxygen atoms in total. The van der Waals surface area contributed by atoms with Gasteiger partial charge in [0.05, 0.1) is 19.8 Å². The fourth-order valence-electron chi connectivity index (χ4n) is 1.55. The van der Waals surface area contributed by atoms with Gasteiger partial charge in [-0.15, -0.1) is 0 Å². The number of nitrogens with one attached hydrogen (secondary N) is 1. The molecule has 1 amide bonds. The lowest BCUT2D eigenvalue weighted by Gasteiger charge is -2.20. The van der Waals surface area contributed by atoms with E-state index in [1.54, 1.807) is 18.2 Å². The molecule has 0 aliphatic carbocycles. The fraction of sp³-hybridized carbons (Fsp3) is 0.462. The molecule has 0 aliphatic heterocycles. The molecule has 1 atom stereocenters. The highest BCUT2D eigenvalue weighted by atomic mass is 16.5. The lowest BCUT2D eigenvalue weighted by Crippen LogP contribution is -2.41. The molecule has 4 N–H and O–H groups in total. The Kier molecular flexibility index (Phi) is 4.97. The summed E-state index contributed by atoms with van der Waals surface area (Å²) in [5.41, 5.74) is 6.57. The van der Waals surface area contributed by atoms with Crippen LogP contribution in [-0.4, -0.2) is 30.8 Å². The Hall–Kier alpha value is -1.75. The van der Waals surface area contributed by atoms with Crippen molar-refractivity contribution < 1.29 is 14.6 Å². The monoisotopic (exact) mass is 252 g/mol. The van der Waals surface area contributed by atoms with Gasteiger partial charge in [-0.3, -0.25) is 4.79 Å². The summed E-state index contributed by atoms with van der Waals surface area (Å²) in [6, 6.07) is 4.56. The van der Waals surface area contributed by atoms with Gasteiger partial charge in [0.2, 0.25) is 0 Å². The van der Waals surface area contributed by atoms with E-state index in [1.165, 1.54) is 7.11 Å². The number of nitrogen functional groups attached to an aromatic ring is 1. The number of carbonyl (C=O) groups is 1. The van der Waals surface area contributed by atoms with Crippen molar-refractivity contribution in [3.05, 3.63) is 23.8 Å². The van der Waals surface area contributed by atoms with Crippen molar-refractivity contribution >= 4 is 11.6 Å². The Morgan fingerprint density at radius 1 is 1.44 bits per heavy atom. The molecule has 0 fully saturated rings. The molecule has 0 heterocycles. The van der Waals surface area contributed by atoms with Gasteiger partial charge in [-0.2, -0.15) is 0 Å². The number of rotatable bonds is 5. The van der Waals surface area contributed by atoms with Crippen molar-refractivity contribution in [2.75, 3.05) is 19.5 Å². The standard InChI is InChI=1S/C13H20N2O3/c1-8(2)12(7-16)15-13(17)9-4-10(14)6-11(5-9)18-3/h4-6,8,12,16H,7,14H2,1-3H3,(H,15,17). The minimum Gasteiger partial charge on any atom is -0.497 e. The third-order valence-corrected chi connectivity index (χ3v) is 2.74. The summed E-state index contributed by atoms with van der Waals surface area (Å²) >= 11 is 0. The average molecular weight is 252 g/mol. The number of methoxy groups -OCH3 is 1. The highest BCUT2D eigenvalue weighted by Crippen LogP contribution is 2.18. The fourth-order valence-corrected chi connectivity index (χ4v) is 1.55. The Balaban J connectivity index is 2.86. The Morgan fingerprint density at radius 3 is 2.61 bits per heavy atom. The Morgan fingerprint density at radius 2 is 2.11 bits per heavy atom. The van der Waals surface area contributed by atoms with Crippen LogP contribution in [0.15, 0.2) is 18.2 Å². The summed E-state index contributed by atoms with van der Waals surface area (Å²) in [7, 11) is 1.51. The first-order valence-corrected chi connectivity index (χ1v) is 5.84. The molecule has 0 saturated carbocycles. The highest BCUT2D eigenvalue weighted by molar-refractivity contribution is 5.95. The van der Waals surface area contributed by atoms with Crippen LogP contribution in [0.1, 0.15) is 24.2 Å². The van der Waals surface area contributed by atoms with Gasteiger partial charge in [-0.1, -0.05) is 13.8 Å². The molecule has 1 rings (SSSR count). The molecule has 1 aromatic carbocycles. The van der Waals surface area contributed by atoms with Crippen LogP contribution in [0.4, 0.5) is 5.69 Å². The predicted molar refractivity (Wildman–Crippen MR) is 70.6 cm³/mol. The van der Waals surface area contributed by atoms with Crippen molar-refractivity contribution in [2.45, 2.75) is 19.9 Å². The van der Waals surface area contributed by atoms with E-state index in [0.717, 1.165) is 0 Å². The van der Waals surface area contributed by atoms with Crippen LogP contribution in [0.2, 0.25) is 0 Å². The smallest absolute Gasteiger partial charge is 0.251 e. The molecule has 18 heavy (non-hydrogen) atoms. The summed E-state index contributed by atoms with van der Waals surface area (Å²) in [4.78, 5) is 12.0. The van der Waals surface area contributed by atoms with Gasteiger partial charge in [0.25, 0.3) is 5.91 Å². The number of hydrogen-bond acceptors (Lipinski definition) is 4. The van der Waals surface area contributed by atoms with Gasteiger partial charge in [0, 0.05) is 17.3 Å². The Labute approximate surface area is 107 Å². The van der Waals surface area contributed by atoms with Crippen molar-refractivity contribution in [3.8, 4) is 5.75 Å². The zero-order chi connectivity index (χ0) is 13.7. The normalized spacial score (nSPS) is 12.3. The van der Waals surface area contributed by atoms with Crippen LogP contribution in [-0.2, 0) is 0 Å². The van der Waals surface area contributed by atoms with Crippen LogP contribution in [0.3, 0.4) is 0 Å². The zero-order valence-electron chi connectivity index (χ0n) is 10.9. The number of benzene rings is 1. The van der Waals surface area contributed by atoms with E-state index in [-0.39, 0.29) is 24.5 Å². The van der Waals surface area contributed by atoms with E-state index in [4.69, 9.17) is 10.5 Å². The van der Waals surface area contributed by atoms with Crippen LogP contribution >= 0.6 is 0 Å². The van der Waals surface area contributed by atoms with Gasteiger partial charge in [-0.25, -0.2) is 0 Å². The van der Waals surface area contributed by atoms with Gasteiger partial charge in [0.1, 0.15) is 5.75 Å². The van der Waals surface area contributed by atoms with E-state index in [9.17, 15) is 9.90 Å². The van der Waals surface area contributed by atoms with Crippen LogP contribution < -0.4 is 15.8 Å². The number of anilines is 1. The molecule has 1 aromatic rings. The quantitative estimate of drug-likeness (QED) is 0.683. The number of aliphatic hydroxyl groups is 1. The number of aliphatic hydroxyl groups excluding tert-OH is 1. The van der Waals surface area contributed by atoms with E-state index in [1.807, 2.05) is 13.8 Å². The maximum Gasteiger partial charge on any atom is 0.251 e. The number of ether oxygens (including phenoxy) is 1. The number of nitrogens with two attached hydrogens (primary N) is 1. The Bertz CT molecular complexity index is 419. The first-order valence-electron chi connectivity index (χ1n) is 5.84. The van der Waals surface area contributed by atoms with Crippen LogP contribution in [0.5, 0.6) is 5.75 Å².